The number of nitrogens with one attached hydrogen (secondary N) is 1. The first-order chi connectivity index (χ1) is 14.1. The van der Waals surface area contributed by atoms with E-state index in [1.165, 1.54) is 16.7 Å². The topological polar surface area (TPSA) is 42.7 Å². The molecule has 29 heavy (non-hydrogen) atoms. The molecular formula is C24H26N4S. The van der Waals surface area contributed by atoms with Crippen LogP contribution in [0.3, 0.4) is 0 Å². The van der Waals surface area contributed by atoms with E-state index in [0.717, 1.165) is 35.7 Å². The largest absolute Gasteiger partial charge is 0.304 e. The van der Waals surface area contributed by atoms with Crippen molar-refractivity contribution in [3.8, 4) is 5.69 Å². The Balaban J connectivity index is 1.53. The van der Waals surface area contributed by atoms with E-state index in [-0.39, 0.29) is 6.04 Å². The SMILES string of the molecule is Cc1ccc([C@H](Cc2ccsc2)NCc2cccc(-n3nc(C)cc3C)c2)nc1. The van der Waals surface area contributed by atoms with Crippen molar-refractivity contribution >= 4 is 11.3 Å². The van der Waals surface area contributed by atoms with Gasteiger partial charge in [-0.3, -0.25) is 4.98 Å². The molecule has 1 N–H and O–H groups in total. The number of aromatic nitrogens is 3. The fraction of sp³-hybridized carbons (Fsp3) is 0.250. The lowest BCUT2D eigenvalue weighted by molar-refractivity contribution is 0.518. The third kappa shape index (κ3) is 4.81. The van der Waals surface area contributed by atoms with Crippen molar-refractivity contribution in [1.29, 1.82) is 0 Å². The Morgan fingerprint density at radius 2 is 1.93 bits per heavy atom. The van der Waals surface area contributed by atoms with E-state index < -0.39 is 0 Å². The third-order valence-corrected chi connectivity index (χ3v) is 5.76. The van der Waals surface area contributed by atoms with Gasteiger partial charge in [0.2, 0.25) is 0 Å². The zero-order valence-electron chi connectivity index (χ0n) is 17.1. The molecular weight excluding hydrogens is 376 g/mol. The molecule has 0 aliphatic heterocycles. The summed E-state index contributed by atoms with van der Waals surface area (Å²) in [5.41, 5.74) is 8.11. The minimum atomic E-state index is 0.169. The summed E-state index contributed by atoms with van der Waals surface area (Å²) in [7, 11) is 0. The van der Waals surface area contributed by atoms with Crippen molar-refractivity contribution in [3.63, 3.8) is 0 Å². The van der Waals surface area contributed by atoms with E-state index in [0.29, 0.717) is 0 Å². The van der Waals surface area contributed by atoms with Gasteiger partial charge >= 0.3 is 0 Å². The molecule has 0 fully saturated rings. The quantitative estimate of drug-likeness (QED) is 0.454. The van der Waals surface area contributed by atoms with E-state index in [9.17, 15) is 0 Å². The monoisotopic (exact) mass is 402 g/mol. The zero-order valence-corrected chi connectivity index (χ0v) is 17.9. The van der Waals surface area contributed by atoms with Crippen LogP contribution < -0.4 is 5.32 Å². The van der Waals surface area contributed by atoms with E-state index in [1.54, 1.807) is 11.3 Å². The lowest BCUT2D eigenvalue weighted by Gasteiger charge is -2.19. The molecule has 4 rings (SSSR count). The molecule has 4 aromatic rings. The molecule has 1 aromatic carbocycles. The summed E-state index contributed by atoms with van der Waals surface area (Å²) in [5.74, 6) is 0. The van der Waals surface area contributed by atoms with Gasteiger partial charge in [-0.05, 0) is 85.0 Å². The predicted octanol–water partition coefficient (Wildman–Crippen LogP) is 5.33. The number of aryl methyl sites for hydroxylation is 3. The maximum absolute atomic E-state index is 4.68. The molecule has 148 valence electrons. The van der Waals surface area contributed by atoms with Crippen LogP contribution in [-0.2, 0) is 13.0 Å². The van der Waals surface area contributed by atoms with E-state index in [2.05, 4.69) is 88.5 Å². The van der Waals surface area contributed by atoms with Gasteiger partial charge < -0.3 is 5.32 Å². The van der Waals surface area contributed by atoms with Crippen LogP contribution in [0.2, 0.25) is 0 Å². The van der Waals surface area contributed by atoms with Crippen LogP contribution in [0.25, 0.3) is 5.69 Å². The van der Waals surface area contributed by atoms with Crippen molar-refractivity contribution in [3.05, 3.63) is 99.3 Å². The molecule has 0 spiro atoms. The molecule has 0 saturated heterocycles. The number of rotatable bonds is 7. The first-order valence-corrected chi connectivity index (χ1v) is 10.8. The van der Waals surface area contributed by atoms with Gasteiger partial charge in [0.1, 0.15) is 0 Å². The molecule has 0 bridgehead atoms. The molecule has 3 heterocycles. The van der Waals surface area contributed by atoms with Gasteiger partial charge in [0.15, 0.2) is 0 Å². The first kappa shape index (κ1) is 19.6. The average molecular weight is 403 g/mol. The van der Waals surface area contributed by atoms with Gasteiger partial charge in [-0.15, -0.1) is 0 Å². The molecule has 0 unspecified atom stereocenters. The summed E-state index contributed by atoms with van der Waals surface area (Å²) in [5, 5.41) is 12.7. The van der Waals surface area contributed by atoms with E-state index in [4.69, 9.17) is 0 Å². The van der Waals surface area contributed by atoms with Crippen LogP contribution in [0, 0.1) is 20.8 Å². The molecule has 3 aromatic heterocycles. The molecule has 0 amide bonds. The van der Waals surface area contributed by atoms with Crippen molar-refractivity contribution in [1.82, 2.24) is 20.1 Å². The second kappa shape index (κ2) is 8.72. The highest BCUT2D eigenvalue weighted by Gasteiger charge is 2.14. The third-order valence-electron chi connectivity index (χ3n) is 5.03. The Labute approximate surface area is 176 Å². The molecule has 5 heteroatoms. The summed E-state index contributed by atoms with van der Waals surface area (Å²) >= 11 is 1.74. The van der Waals surface area contributed by atoms with Crippen LogP contribution in [0.15, 0.2) is 65.5 Å². The van der Waals surface area contributed by atoms with Gasteiger partial charge in [0, 0.05) is 18.4 Å². The van der Waals surface area contributed by atoms with Gasteiger partial charge in [0.05, 0.1) is 23.1 Å². The number of nitrogens with zero attached hydrogens (tertiary/aromatic N) is 3. The van der Waals surface area contributed by atoms with E-state index in [1.807, 2.05) is 17.8 Å². The van der Waals surface area contributed by atoms with Crippen LogP contribution in [0.1, 0.15) is 39.8 Å². The molecule has 0 saturated carbocycles. The molecule has 0 radical (unpaired) electrons. The number of hydrogen-bond acceptors (Lipinski definition) is 4. The maximum Gasteiger partial charge on any atom is 0.0651 e. The Kier molecular flexibility index (Phi) is 5.88. The van der Waals surface area contributed by atoms with Crippen LogP contribution in [0.5, 0.6) is 0 Å². The number of thiophene rings is 1. The Morgan fingerprint density at radius 1 is 1.03 bits per heavy atom. The second-order valence-corrected chi connectivity index (χ2v) is 8.32. The van der Waals surface area contributed by atoms with Gasteiger partial charge in [-0.2, -0.15) is 16.4 Å². The highest BCUT2D eigenvalue weighted by atomic mass is 32.1. The smallest absolute Gasteiger partial charge is 0.0651 e. The van der Waals surface area contributed by atoms with Crippen molar-refractivity contribution < 1.29 is 0 Å². The van der Waals surface area contributed by atoms with Crippen molar-refractivity contribution in [2.45, 2.75) is 39.8 Å². The van der Waals surface area contributed by atoms with Gasteiger partial charge in [-0.25, -0.2) is 4.68 Å². The summed E-state index contributed by atoms with van der Waals surface area (Å²) in [6.45, 7) is 6.96. The first-order valence-electron chi connectivity index (χ1n) is 9.88. The minimum absolute atomic E-state index is 0.169. The number of hydrogen-bond donors (Lipinski definition) is 1. The Morgan fingerprint density at radius 3 is 2.62 bits per heavy atom. The lowest BCUT2D eigenvalue weighted by atomic mass is 10.0. The molecule has 0 aliphatic carbocycles. The normalized spacial score (nSPS) is 12.2. The maximum atomic E-state index is 4.68. The lowest BCUT2D eigenvalue weighted by Crippen LogP contribution is -2.24. The van der Waals surface area contributed by atoms with Crippen LogP contribution in [0.4, 0.5) is 0 Å². The molecule has 1 atom stereocenters. The van der Waals surface area contributed by atoms with Crippen molar-refractivity contribution in [2.75, 3.05) is 0 Å². The predicted molar refractivity (Wildman–Crippen MR) is 120 cm³/mol. The average Bonchev–Trinajstić information content (AvgIpc) is 3.35. The highest BCUT2D eigenvalue weighted by Crippen LogP contribution is 2.20. The fourth-order valence-corrected chi connectivity index (χ4v) is 4.22. The second-order valence-electron chi connectivity index (χ2n) is 7.54. The van der Waals surface area contributed by atoms with Gasteiger partial charge in [-0.1, -0.05) is 18.2 Å². The zero-order chi connectivity index (χ0) is 20.2. The standard InChI is InChI=1S/C24H26N4S/c1-17-7-8-23(25-14-17)24(13-21-9-10-29-16-21)26-15-20-5-4-6-22(12-20)28-19(3)11-18(2)27-28/h4-12,14,16,24,26H,13,15H2,1-3H3/t24-/m0/s1. The fourth-order valence-electron chi connectivity index (χ4n) is 3.54. The highest BCUT2D eigenvalue weighted by molar-refractivity contribution is 7.07. The Bertz CT molecular complexity index is 1060. The summed E-state index contributed by atoms with van der Waals surface area (Å²) < 4.78 is 2.00. The summed E-state index contributed by atoms with van der Waals surface area (Å²) in [6, 6.07) is 17.3. The van der Waals surface area contributed by atoms with Gasteiger partial charge in [0.25, 0.3) is 0 Å². The minimum Gasteiger partial charge on any atom is -0.304 e. The van der Waals surface area contributed by atoms with Crippen molar-refractivity contribution in [2.24, 2.45) is 0 Å². The molecule has 4 nitrogen and oxygen atoms in total. The summed E-state index contributed by atoms with van der Waals surface area (Å²) in [4.78, 5) is 4.68. The summed E-state index contributed by atoms with van der Waals surface area (Å²) in [6.07, 6.45) is 2.87. The van der Waals surface area contributed by atoms with Crippen LogP contribution >= 0.6 is 11.3 Å². The number of benzene rings is 1. The number of pyridine rings is 1. The Hall–Kier alpha value is -2.76. The van der Waals surface area contributed by atoms with Crippen LogP contribution in [-0.4, -0.2) is 14.8 Å². The van der Waals surface area contributed by atoms with E-state index >= 15 is 0 Å². The molecule has 0 aliphatic rings.